The lowest BCUT2D eigenvalue weighted by molar-refractivity contribution is 0.0921. The van der Waals surface area contributed by atoms with Gasteiger partial charge in [0.15, 0.2) is 5.89 Å². The molecule has 0 unspecified atom stereocenters. The summed E-state index contributed by atoms with van der Waals surface area (Å²) in [6.45, 7) is 3.61. The molecule has 2 aromatic rings. The van der Waals surface area contributed by atoms with Gasteiger partial charge >= 0.3 is 0 Å². The van der Waals surface area contributed by atoms with Gasteiger partial charge in [-0.2, -0.15) is 0 Å². The highest BCUT2D eigenvalue weighted by molar-refractivity contribution is 7.10. The Morgan fingerprint density at radius 1 is 1.55 bits per heavy atom. The van der Waals surface area contributed by atoms with E-state index in [1.807, 2.05) is 11.4 Å². The molecule has 0 atom stereocenters. The van der Waals surface area contributed by atoms with E-state index >= 15 is 0 Å². The second-order valence-electron chi connectivity index (χ2n) is 4.05. The minimum atomic E-state index is -0.294. The molecule has 0 aliphatic rings. The van der Waals surface area contributed by atoms with Gasteiger partial charge in [0.1, 0.15) is 6.61 Å². The fourth-order valence-electron chi connectivity index (χ4n) is 1.71. The smallest absolute Gasteiger partial charge is 0.289 e. The topological polar surface area (TPSA) is 75.4 Å². The molecule has 2 N–H and O–H groups in total. The fourth-order valence-corrected chi connectivity index (χ4v) is 2.48. The van der Waals surface area contributed by atoms with Crippen molar-refractivity contribution < 1.29 is 14.3 Å². The minimum absolute atomic E-state index is 0.182. The fraction of sp³-hybridized carbons (Fsp3) is 0.286. The molecule has 0 aliphatic carbocycles. The zero-order valence-corrected chi connectivity index (χ0v) is 12.0. The average Bonchev–Trinajstić information content (AvgIpc) is 2.99. The first-order valence-electron chi connectivity index (χ1n) is 6.00. The van der Waals surface area contributed by atoms with Gasteiger partial charge in [-0.1, -0.05) is 11.8 Å². The number of nitrogens with zero attached hydrogens (tertiary/aromatic N) is 1. The normalized spacial score (nSPS) is 9.95. The van der Waals surface area contributed by atoms with Gasteiger partial charge in [0.25, 0.3) is 5.91 Å². The molecule has 0 fully saturated rings. The molecule has 0 radical (unpaired) electrons. The summed E-state index contributed by atoms with van der Waals surface area (Å²) in [5.74, 6) is 5.85. The number of thiophene rings is 1. The summed E-state index contributed by atoms with van der Waals surface area (Å²) in [6, 6.07) is 1.86. The highest BCUT2D eigenvalue weighted by Gasteiger charge is 2.16. The third-order valence-corrected chi connectivity index (χ3v) is 3.49. The van der Waals surface area contributed by atoms with E-state index in [1.54, 1.807) is 13.8 Å². The standard InChI is InChI=1S/C14H14N2O3S/c1-9-13(19-10(2)16-9)14(18)15-8-12-11(4-3-6-17)5-7-20-12/h5,7,17H,6,8H2,1-2H3,(H,15,18). The summed E-state index contributed by atoms with van der Waals surface area (Å²) in [5, 5.41) is 13.4. The maximum Gasteiger partial charge on any atom is 0.289 e. The number of aromatic nitrogens is 1. The molecule has 0 saturated carbocycles. The Morgan fingerprint density at radius 3 is 3.00 bits per heavy atom. The summed E-state index contributed by atoms with van der Waals surface area (Å²) < 4.78 is 5.26. The lowest BCUT2D eigenvalue weighted by Gasteiger charge is -2.02. The van der Waals surface area contributed by atoms with Crippen molar-refractivity contribution >= 4 is 17.2 Å². The van der Waals surface area contributed by atoms with Crippen molar-refractivity contribution in [3.63, 3.8) is 0 Å². The summed E-state index contributed by atoms with van der Waals surface area (Å²) in [5.41, 5.74) is 1.39. The zero-order chi connectivity index (χ0) is 14.5. The first kappa shape index (κ1) is 14.3. The monoisotopic (exact) mass is 290 g/mol. The van der Waals surface area contributed by atoms with Crippen LogP contribution in [0.4, 0.5) is 0 Å². The van der Waals surface area contributed by atoms with E-state index in [4.69, 9.17) is 9.52 Å². The maximum absolute atomic E-state index is 12.0. The van der Waals surface area contributed by atoms with Crippen LogP contribution in [-0.4, -0.2) is 22.6 Å². The van der Waals surface area contributed by atoms with E-state index in [1.165, 1.54) is 11.3 Å². The highest BCUT2D eigenvalue weighted by atomic mass is 32.1. The van der Waals surface area contributed by atoms with E-state index in [2.05, 4.69) is 22.1 Å². The Labute approximate surface area is 120 Å². The van der Waals surface area contributed by atoms with E-state index in [0.29, 0.717) is 18.1 Å². The van der Waals surface area contributed by atoms with Crippen molar-refractivity contribution in [2.45, 2.75) is 20.4 Å². The Balaban J connectivity index is 2.04. The number of nitrogens with one attached hydrogen (secondary N) is 1. The summed E-state index contributed by atoms with van der Waals surface area (Å²) >= 11 is 1.50. The Bertz CT molecular complexity index is 676. The Kier molecular flexibility index (Phi) is 4.56. The van der Waals surface area contributed by atoms with Crippen LogP contribution in [0.25, 0.3) is 0 Å². The molecular weight excluding hydrogens is 276 g/mol. The quantitative estimate of drug-likeness (QED) is 0.842. The number of aliphatic hydroxyl groups is 1. The second kappa shape index (κ2) is 6.37. The van der Waals surface area contributed by atoms with Crippen molar-refractivity contribution in [3.05, 3.63) is 39.2 Å². The molecule has 0 saturated heterocycles. The van der Waals surface area contributed by atoms with Crippen molar-refractivity contribution in [2.24, 2.45) is 0 Å². The van der Waals surface area contributed by atoms with Gasteiger partial charge in [0.05, 0.1) is 12.2 Å². The number of hydrogen-bond donors (Lipinski definition) is 2. The SMILES string of the molecule is Cc1nc(C)c(C(=O)NCc2sccc2C#CCO)o1. The van der Waals surface area contributed by atoms with Crippen molar-refractivity contribution in [3.8, 4) is 11.8 Å². The molecule has 20 heavy (non-hydrogen) atoms. The second-order valence-corrected chi connectivity index (χ2v) is 5.05. The molecule has 0 aliphatic heterocycles. The van der Waals surface area contributed by atoms with Gasteiger partial charge in [-0.3, -0.25) is 4.79 Å². The van der Waals surface area contributed by atoms with Gasteiger partial charge in [0.2, 0.25) is 5.76 Å². The van der Waals surface area contributed by atoms with Gasteiger partial charge in [-0.05, 0) is 18.4 Å². The van der Waals surface area contributed by atoms with E-state index in [0.717, 1.165) is 10.4 Å². The number of rotatable bonds is 3. The number of carbonyl (C=O) groups excluding carboxylic acids is 1. The third-order valence-electron chi connectivity index (χ3n) is 2.57. The number of aliphatic hydroxyl groups excluding tert-OH is 1. The van der Waals surface area contributed by atoms with Gasteiger partial charge in [0, 0.05) is 17.4 Å². The number of aryl methyl sites for hydroxylation is 2. The maximum atomic E-state index is 12.0. The highest BCUT2D eigenvalue weighted by Crippen LogP contribution is 2.16. The van der Waals surface area contributed by atoms with Gasteiger partial charge < -0.3 is 14.8 Å². The van der Waals surface area contributed by atoms with Crippen LogP contribution in [0.3, 0.4) is 0 Å². The number of oxazole rings is 1. The molecular formula is C14H14N2O3S. The molecule has 104 valence electrons. The van der Waals surface area contributed by atoms with Crippen molar-refractivity contribution in [2.75, 3.05) is 6.61 Å². The van der Waals surface area contributed by atoms with E-state index < -0.39 is 0 Å². The predicted octanol–water partition coefficient (Wildman–Crippen LogP) is 1.63. The number of hydrogen-bond acceptors (Lipinski definition) is 5. The first-order valence-corrected chi connectivity index (χ1v) is 6.88. The molecule has 0 aromatic carbocycles. The van der Waals surface area contributed by atoms with Crippen molar-refractivity contribution in [1.29, 1.82) is 0 Å². The van der Waals surface area contributed by atoms with Crippen LogP contribution < -0.4 is 5.32 Å². The molecule has 0 bridgehead atoms. The van der Waals surface area contributed by atoms with Crippen LogP contribution in [0.2, 0.25) is 0 Å². The van der Waals surface area contributed by atoms with Crippen LogP contribution in [-0.2, 0) is 6.54 Å². The number of amides is 1. The molecule has 1 amide bonds. The Hall–Kier alpha value is -2.10. The van der Waals surface area contributed by atoms with Gasteiger partial charge in [-0.15, -0.1) is 11.3 Å². The first-order chi connectivity index (χ1) is 9.61. The van der Waals surface area contributed by atoms with E-state index in [9.17, 15) is 4.79 Å². The molecule has 6 heteroatoms. The summed E-state index contributed by atoms with van der Waals surface area (Å²) in [7, 11) is 0. The largest absolute Gasteiger partial charge is 0.436 e. The summed E-state index contributed by atoms with van der Waals surface area (Å²) in [6.07, 6.45) is 0. The molecule has 2 aromatic heterocycles. The lowest BCUT2D eigenvalue weighted by atomic mass is 10.2. The van der Waals surface area contributed by atoms with Crippen LogP contribution >= 0.6 is 11.3 Å². The Morgan fingerprint density at radius 2 is 2.35 bits per heavy atom. The van der Waals surface area contributed by atoms with E-state index in [-0.39, 0.29) is 18.3 Å². The van der Waals surface area contributed by atoms with Crippen LogP contribution in [0.15, 0.2) is 15.9 Å². The minimum Gasteiger partial charge on any atom is -0.436 e. The molecule has 5 nitrogen and oxygen atoms in total. The lowest BCUT2D eigenvalue weighted by Crippen LogP contribution is -2.22. The zero-order valence-electron chi connectivity index (χ0n) is 11.2. The van der Waals surface area contributed by atoms with Crippen molar-refractivity contribution in [1.82, 2.24) is 10.3 Å². The van der Waals surface area contributed by atoms with Crippen LogP contribution in [0.5, 0.6) is 0 Å². The van der Waals surface area contributed by atoms with Crippen LogP contribution in [0, 0.1) is 25.7 Å². The molecule has 0 spiro atoms. The third kappa shape index (κ3) is 3.26. The average molecular weight is 290 g/mol. The predicted molar refractivity (Wildman–Crippen MR) is 75.4 cm³/mol. The molecule has 2 rings (SSSR count). The molecule has 2 heterocycles. The van der Waals surface area contributed by atoms with Gasteiger partial charge in [-0.25, -0.2) is 4.98 Å². The number of carbonyl (C=O) groups is 1. The summed E-state index contributed by atoms with van der Waals surface area (Å²) in [4.78, 5) is 17.0. The van der Waals surface area contributed by atoms with Crippen LogP contribution in [0.1, 0.15) is 32.6 Å².